The van der Waals surface area contributed by atoms with Crippen LogP contribution in [0.15, 0.2) is 18.7 Å². The van der Waals surface area contributed by atoms with Crippen LogP contribution in [0.1, 0.15) is 18.1 Å². The topological polar surface area (TPSA) is 61.0 Å². The summed E-state index contributed by atoms with van der Waals surface area (Å²) in [5.41, 5.74) is 6.80. The second kappa shape index (κ2) is 3.16. The van der Waals surface area contributed by atoms with E-state index in [1.807, 2.05) is 0 Å². The molecule has 1 aromatic heterocycles. The molecule has 2 N–H and O–H groups in total. The second-order valence-corrected chi connectivity index (χ2v) is 2.92. The molecule has 1 aromatic rings. The molecule has 2 heterocycles. The maximum atomic E-state index is 5.83. The molecule has 0 radical (unpaired) electrons. The van der Waals surface area contributed by atoms with Gasteiger partial charge in [0, 0.05) is 30.6 Å². The summed E-state index contributed by atoms with van der Waals surface area (Å²) in [6.07, 6.45) is 5.92. The van der Waals surface area contributed by atoms with Gasteiger partial charge in [-0.25, -0.2) is 9.97 Å². The van der Waals surface area contributed by atoms with Crippen LogP contribution in [0.4, 0.5) is 0 Å². The summed E-state index contributed by atoms with van der Waals surface area (Å²) >= 11 is 0. The van der Waals surface area contributed by atoms with E-state index in [1.54, 1.807) is 12.4 Å². The number of hydrogen-bond donors (Lipinski definition) is 1. The van der Waals surface area contributed by atoms with Crippen molar-refractivity contribution >= 4 is 0 Å². The zero-order valence-corrected chi connectivity index (χ0v) is 6.68. The SMILES string of the molecule is NC1CCOC1c1cncnc1. The minimum atomic E-state index is -0.00815. The molecule has 0 bridgehead atoms. The van der Waals surface area contributed by atoms with Crippen LogP contribution in [0, 0.1) is 0 Å². The van der Waals surface area contributed by atoms with Crippen molar-refractivity contribution in [1.29, 1.82) is 0 Å². The number of ether oxygens (including phenoxy) is 1. The van der Waals surface area contributed by atoms with E-state index in [0.717, 1.165) is 18.6 Å². The highest BCUT2D eigenvalue weighted by Gasteiger charge is 2.26. The van der Waals surface area contributed by atoms with Crippen molar-refractivity contribution in [2.75, 3.05) is 6.61 Å². The van der Waals surface area contributed by atoms with E-state index in [1.165, 1.54) is 6.33 Å². The summed E-state index contributed by atoms with van der Waals surface area (Å²) < 4.78 is 5.45. The number of nitrogens with two attached hydrogens (primary N) is 1. The lowest BCUT2D eigenvalue weighted by Gasteiger charge is -2.12. The third kappa shape index (κ3) is 1.31. The van der Waals surface area contributed by atoms with Crippen molar-refractivity contribution in [3.63, 3.8) is 0 Å². The normalized spacial score (nSPS) is 29.1. The Bertz CT molecular complexity index is 252. The fourth-order valence-corrected chi connectivity index (χ4v) is 1.41. The molecule has 0 aliphatic carbocycles. The Labute approximate surface area is 70.8 Å². The molecule has 1 aliphatic rings. The van der Waals surface area contributed by atoms with Gasteiger partial charge in [0.05, 0.1) is 0 Å². The summed E-state index contributed by atoms with van der Waals surface area (Å²) in [7, 11) is 0. The molecular formula is C8H11N3O. The predicted molar refractivity (Wildman–Crippen MR) is 43.3 cm³/mol. The van der Waals surface area contributed by atoms with Gasteiger partial charge in [-0.1, -0.05) is 0 Å². The van der Waals surface area contributed by atoms with Gasteiger partial charge in [0.2, 0.25) is 0 Å². The first-order valence-electron chi connectivity index (χ1n) is 4.00. The van der Waals surface area contributed by atoms with Gasteiger partial charge in [0.1, 0.15) is 12.4 Å². The van der Waals surface area contributed by atoms with Gasteiger partial charge in [-0.3, -0.25) is 0 Å². The lowest BCUT2D eigenvalue weighted by molar-refractivity contribution is 0.104. The lowest BCUT2D eigenvalue weighted by Crippen LogP contribution is -2.23. The van der Waals surface area contributed by atoms with Gasteiger partial charge in [0.15, 0.2) is 0 Å². The average molecular weight is 165 g/mol. The predicted octanol–water partition coefficient (Wildman–Crippen LogP) is 0.265. The number of hydrogen-bond acceptors (Lipinski definition) is 4. The highest BCUT2D eigenvalue weighted by molar-refractivity contribution is 5.10. The Morgan fingerprint density at radius 3 is 2.75 bits per heavy atom. The van der Waals surface area contributed by atoms with Crippen LogP contribution in [-0.2, 0) is 4.74 Å². The van der Waals surface area contributed by atoms with Crippen molar-refractivity contribution in [2.45, 2.75) is 18.6 Å². The van der Waals surface area contributed by atoms with Gasteiger partial charge in [-0.05, 0) is 6.42 Å². The van der Waals surface area contributed by atoms with Crippen molar-refractivity contribution in [3.8, 4) is 0 Å². The Morgan fingerprint density at radius 1 is 1.42 bits per heavy atom. The van der Waals surface area contributed by atoms with Crippen LogP contribution in [0.25, 0.3) is 0 Å². The van der Waals surface area contributed by atoms with Gasteiger partial charge in [-0.15, -0.1) is 0 Å². The van der Waals surface area contributed by atoms with E-state index in [4.69, 9.17) is 10.5 Å². The van der Waals surface area contributed by atoms with E-state index in [2.05, 4.69) is 9.97 Å². The minimum Gasteiger partial charge on any atom is -0.372 e. The zero-order chi connectivity index (χ0) is 8.39. The molecule has 64 valence electrons. The molecule has 2 atom stereocenters. The Kier molecular flexibility index (Phi) is 2.01. The number of aromatic nitrogens is 2. The van der Waals surface area contributed by atoms with Gasteiger partial charge < -0.3 is 10.5 Å². The highest BCUT2D eigenvalue weighted by Crippen LogP contribution is 2.26. The molecule has 2 unspecified atom stereocenters. The summed E-state index contributed by atoms with van der Waals surface area (Å²) in [5.74, 6) is 0. The van der Waals surface area contributed by atoms with E-state index >= 15 is 0 Å². The van der Waals surface area contributed by atoms with Crippen LogP contribution in [-0.4, -0.2) is 22.6 Å². The molecule has 0 spiro atoms. The largest absolute Gasteiger partial charge is 0.372 e. The Morgan fingerprint density at radius 2 is 2.17 bits per heavy atom. The molecule has 0 saturated carbocycles. The number of rotatable bonds is 1. The number of nitrogens with zero attached hydrogens (tertiary/aromatic N) is 2. The maximum Gasteiger partial charge on any atom is 0.115 e. The molecule has 2 rings (SSSR count). The summed E-state index contributed by atoms with van der Waals surface area (Å²) in [5, 5.41) is 0. The average Bonchev–Trinajstić information content (AvgIpc) is 2.53. The van der Waals surface area contributed by atoms with Crippen molar-refractivity contribution in [2.24, 2.45) is 5.73 Å². The first kappa shape index (κ1) is 7.64. The van der Waals surface area contributed by atoms with E-state index in [9.17, 15) is 0 Å². The van der Waals surface area contributed by atoms with Crippen molar-refractivity contribution in [3.05, 3.63) is 24.3 Å². The first-order chi connectivity index (χ1) is 5.88. The molecule has 4 heteroatoms. The monoisotopic (exact) mass is 165 g/mol. The van der Waals surface area contributed by atoms with E-state index < -0.39 is 0 Å². The van der Waals surface area contributed by atoms with Crippen molar-refractivity contribution < 1.29 is 4.74 Å². The van der Waals surface area contributed by atoms with Crippen LogP contribution in [0.3, 0.4) is 0 Å². The van der Waals surface area contributed by atoms with Gasteiger partial charge >= 0.3 is 0 Å². The summed E-state index contributed by atoms with van der Waals surface area (Å²) in [6.45, 7) is 0.737. The lowest BCUT2D eigenvalue weighted by atomic mass is 10.1. The van der Waals surface area contributed by atoms with Crippen LogP contribution < -0.4 is 5.73 Å². The quantitative estimate of drug-likeness (QED) is 0.648. The fraction of sp³-hybridized carbons (Fsp3) is 0.500. The smallest absolute Gasteiger partial charge is 0.115 e. The van der Waals surface area contributed by atoms with E-state index in [0.29, 0.717) is 0 Å². The highest BCUT2D eigenvalue weighted by atomic mass is 16.5. The maximum absolute atomic E-state index is 5.83. The van der Waals surface area contributed by atoms with Gasteiger partial charge in [0.25, 0.3) is 0 Å². The molecule has 1 aliphatic heterocycles. The molecule has 1 fully saturated rings. The third-order valence-corrected chi connectivity index (χ3v) is 2.05. The van der Waals surface area contributed by atoms with E-state index in [-0.39, 0.29) is 12.1 Å². The molecule has 0 amide bonds. The molecule has 1 saturated heterocycles. The third-order valence-electron chi connectivity index (χ3n) is 2.05. The van der Waals surface area contributed by atoms with Gasteiger partial charge in [-0.2, -0.15) is 0 Å². The molecule has 0 aromatic carbocycles. The standard InChI is InChI=1S/C8H11N3O/c9-7-1-2-12-8(7)6-3-10-5-11-4-6/h3-5,7-8H,1-2,9H2. The van der Waals surface area contributed by atoms with Crippen LogP contribution >= 0.6 is 0 Å². The fourth-order valence-electron chi connectivity index (χ4n) is 1.41. The second-order valence-electron chi connectivity index (χ2n) is 2.92. The van der Waals surface area contributed by atoms with Crippen molar-refractivity contribution in [1.82, 2.24) is 9.97 Å². The summed E-state index contributed by atoms with van der Waals surface area (Å²) in [6, 6.07) is 0.0935. The molecule has 4 nitrogen and oxygen atoms in total. The van der Waals surface area contributed by atoms with Crippen LogP contribution in [0.5, 0.6) is 0 Å². The minimum absolute atomic E-state index is 0.00815. The first-order valence-corrected chi connectivity index (χ1v) is 4.00. The molecular weight excluding hydrogens is 154 g/mol. The molecule has 12 heavy (non-hydrogen) atoms. The Hall–Kier alpha value is -1.00. The summed E-state index contributed by atoms with van der Waals surface area (Å²) in [4.78, 5) is 7.83. The van der Waals surface area contributed by atoms with Crippen LogP contribution in [0.2, 0.25) is 0 Å². The Balaban J connectivity index is 2.19. The zero-order valence-electron chi connectivity index (χ0n) is 6.68.